The van der Waals surface area contributed by atoms with Crippen LogP contribution in [0.5, 0.6) is 0 Å². The zero-order valence-electron chi connectivity index (χ0n) is 15.5. The Morgan fingerprint density at radius 1 is 1.07 bits per heavy atom. The van der Waals surface area contributed by atoms with Crippen molar-refractivity contribution in [2.75, 3.05) is 5.32 Å². The molecule has 2 atom stereocenters. The number of benzene rings is 1. The molecule has 0 saturated carbocycles. The smallest absolute Gasteiger partial charge is 0.319 e. The average Bonchev–Trinajstić information content (AvgIpc) is 2.98. The number of nitrogens with zero attached hydrogens (tertiary/aromatic N) is 2. The molecule has 148 valence electrons. The molecule has 2 saturated heterocycles. The topological polar surface area (TPSA) is 91.4 Å². The minimum Gasteiger partial charge on any atom is -0.334 e. The monoisotopic (exact) mass is 400 g/mol. The third-order valence-corrected chi connectivity index (χ3v) is 7.51. The van der Waals surface area contributed by atoms with E-state index in [1.807, 2.05) is 12.1 Å². The van der Waals surface area contributed by atoms with Crippen LogP contribution < -0.4 is 10.6 Å². The minimum atomic E-state index is -3.49. The van der Waals surface area contributed by atoms with Gasteiger partial charge in [0.1, 0.15) is 0 Å². The number of anilines is 1. The van der Waals surface area contributed by atoms with E-state index < -0.39 is 10.0 Å². The number of hydrogen-bond donors (Lipinski definition) is 2. The fraction of sp³-hybridized carbons (Fsp3) is 0.400. The molecule has 2 fully saturated rings. The molecule has 2 unspecified atom stereocenters. The number of aromatic nitrogens is 1. The van der Waals surface area contributed by atoms with Gasteiger partial charge in [0.15, 0.2) is 0 Å². The summed E-state index contributed by atoms with van der Waals surface area (Å²) in [5.74, 6) is 0. The number of amides is 2. The number of sulfonamides is 1. The molecule has 1 aromatic heterocycles. The lowest BCUT2D eigenvalue weighted by Crippen LogP contribution is -2.43. The minimum absolute atomic E-state index is 0.139. The van der Waals surface area contributed by atoms with Crippen molar-refractivity contribution in [3.05, 3.63) is 54.4 Å². The van der Waals surface area contributed by atoms with Crippen molar-refractivity contribution in [1.82, 2.24) is 14.6 Å². The summed E-state index contributed by atoms with van der Waals surface area (Å²) < 4.78 is 27.8. The lowest BCUT2D eigenvalue weighted by molar-refractivity contribution is 0.248. The van der Waals surface area contributed by atoms with Crippen molar-refractivity contribution in [1.29, 1.82) is 0 Å². The van der Waals surface area contributed by atoms with Gasteiger partial charge in [-0.3, -0.25) is 4.98 Å². The lowest BCUT2D eigenvalue weighted by Gasteiger charge is -2.33. The van der Waals surface area contributed by atoms with Gasteiger partial charge in [-0.25, -0.2) is 13.2 Å². The second kappa shape index (κ2) is 7.89. The molecule has 3 heterocycles. The fourth-order valence-electron chi connectivity index (χ4n) is 4.15. The molecule has 2 aromatic rings. The molecule has 4 rings (SSSR count). The lowest BCUT2D eigenvalue weighted by atomic mass is 10.1. The van der Waals surface area contributed by atoms with E-state index in [0.29, 0.717) is 12.2 Å². The summed E-state index contributed by atoms with van der Waals surface area (Å²) in [6, 6.07) is 10.0. The number of rotatable bonds is 5. The maximum absolute atomic E-state index is 13.1. The van der Waals surface area contributed by atoms with Gasteiger partial charge in [-0.15, -0.1) is 0 Å². The van der Waals surface area contributed by atoms with Crippen LogP contribution in [-0.2, 0) is 16.6 Å². The summed E-state index contributed by atoms with van der Waals surface area (Å²) in [4.78, 5) is 16.3. The Hall–Kier alpha value is -2.45. The number of urea groups is 1. The van der Waals surface area contributed by atoms with E-state index in [4.69, 9.17) is 0 Å². The highest BCUT2D eigenvalue weighted by molar-refractivity contribution is 7.89. The van der Waals surface area contributed by atoms with Gasteiger partial charge in [-0.05, 0) is 61.6 Å². The zero-order chi connectivity index (χ0) is 19.6. The number of piperidine rings is 1. The van der Waals surface area contributed by atoms with Crippen LogP contribution >= 0.6 is 0 Å². The first-order chi connectivity index (χ1) is 13.5. The predicted octanol–water partition coefficient (Wildman–Crippen LogP) is 3.11. The van der Waals surface area contributed by atoms with Crippen LogP contribution in [0, 0.1) is 0 Å². The number of nitrogens with one attached hydrogen (secondary N) is 2. The first-order valence-electron chi connectivity index (χ1n) is 9.61. The van der Waals surface area contributed by atoms with Crippen LogP contribution in [0.25, 0.3) is 0 Å². The van der Waals surface area contributed by atoms with E-state index in [-0.39, 0.29) is 23.0 Å². The van der Waals surface area contributed by atoms with Crippen molar-refractivity contribution in [3.8, 4) is 0 Å². The average molecular weight is 401 g/mol. The quantitative estimate of drug-likeness (QED) is 0.807. The summed E-state index contributed by atoms with van der Waals surface area (Å²) in [5, 5.41) is 5.47. The van der Waals surface area contributed by atoms with Crippen LogP contribution in [0.2, 0.25) is 0 Å². The molecular weight excluding hydrogens is 376 g/mol. The molecule has 2 aliphatic rings. The number of pyridine rings is 1. The number of fused-ring (bicyclic) bond motifs is 2. The summed E-state index contributed by atoms with van der Waals surface area (Å²) >= 11 is 0. The molecule has 2 bridgehead atoms. The molecule has 0 spiro atoms. The second-order valence-electron chi connectivity index (χ2n) is 7.34. The highest BCUT2D eigenvalue weighted by atomic mass is 32.2. The highest BCUT2D eigenvalue weighted by Crippen LogP contribution is 2.39. The summed E-state index contributed by atoms with van der Waals surface area (Å²) in [5.41, 5.74) is 1.44. The Morgan fingerprint density at radius 3 is 2.43 bits per heavy atom. The Morgan fingerprint density at radius 2 is 1.79 bits per heavy atom. The first-order valence-corrected chi connectivity index (χ1v) is 11.1. The van der Waals surface area contributed by atoms with E-state index >= 15 is 0 Å². The molecule has 2 amide bonds. The van der Waals surface area contributed by atoms with Crippen LogP contribution in [0.1, 0.15) is 37.7 Å². The summed E-state index contributed by atoms with van der Waals surface area (Å²) in [6.45, 7) is 0.365. The molecule has 0 aliphatic carbocycles. The van der Waals surface area contributed by atoms with Crippen LogP contribution in [0.4, 0.5) is 10.5 Å². The van der Waals surface area contributed by atoms with Gasteiger partial charge in [0.05, 0.1) is 4.90 Å². The molecular formula is C20H24N4O3S. The highest BCUT2D eigenvalue weighted by Gasteiger charge is 2.44. The number of carbonyl (C=O) groups is 1. The van der Waals surface area contributed by atoms with E-state index in [1.165, 1.54) is 0 Å². The normalized spacial score (nSPS) is 22.0. The third kappa shape index (κ3) is 3.88. The molecule has 2 aliphatic heterocycles. The van der Waals surface area contributed by atoms with Crippen molar-refractivity contribution in [2.45, 2.75) is 55.6 Å². The Kier molecular flexibility index (Phi) is 5.32. The summed E-state index contributed by atoms with van der Waals surface area (Å²) in [6.07, 6.45) is 8.29. The van der Waals surface area contributed by atoms with Gasteiger partial charge in [0, 0.05) is 36.7 Å². The van der Waals surface area contributed by atoms with Gasteiger partial charge in [-0.2, -0.15) is 4.31 Å². The molecule has 8 heteroatoms. The second-order valence-corrected chi connectivity index (χ2v) is 9.19. The van der Waals surface area contributed by atoms with Gasteiger partial charge in [0.2, 0.25) is 10.0 Å². The van der Waals surface area contributed by atoms with E-state index in [9.17, 15) is 13.2 Å². The van der Waals surface area contributed by atoms with Crippen LogP contribution in [0.3, 0.4) is 0 Å². The van der Waals surface area contributed by atoms with Gasteiger partial charge < -0.3 is 10.6 Å². The fourth-order valence-corrected chi connectivity index (χ4v) is 6.08. The van der Waals surface area contributed by atoms with Crippen molar-refractivity contribution < 1.29 is 13.2 Å². The van der Waals surface area contributed by atoms with Crippen LogP contribution in [0.15, 0.2) is 53.7 Å². The van der Waals surface area contributed by atoms with Crippen molar-refractivity contribution in [3.63, 3.8) is 0 Å². The van der Waals surface area contributed by atoms with Crippen LogP contribution in [-0.4, -0.2) is 35.8 Å². The van der Waals surface area contributed by atoms with E-state index in [2.05, 4.69) is 15.6 Å². The zero-order valence-corrected chi connectivity index (χ0v) is 16.4. The van der Waals surface area contributed by atoms with E-state index in [1.54, 1.807) is 41.0 Å². The van der Waals surface area contributed by atoms with Gasteiger partial charge in [0.25, 0.3) is 0 Å². The Labute approximate surface area is 165 Å². The standard InChI is InChI=1S/C20H24N4O3S/c25-20(22-14-15-3-2-12-21-13-15)23-16-6-10-19(11-7-16)28(26,27)24-17-4-1-5-18(24)9-8-17/h2-3,6-7,10-13,17-18H,1,4-5,8-9,14H2,(H2,22,23,25). The molecule has 1 aromatic carbocycles. The van der Waals surface area contributed by atoms with E-state index in [0.717, 1.165) is 37.7 Å². The molecule has 7 nitrogen and oxygen atoms in total. The molecule has 28 heavy (non-hydrogen) atoms. The largest absolute Gasteiger partial charge is 0.334 e. The maximum atomic E-state index is 13.1. The Balaban J connectivity index is 1.39. The molecule has 0 radical (unpaired) electrons. The van der Waals surface area contributed by atoms with Gasteiger partial charge in [-0.1, -0.05) is 12.5 Å². The number of hydrogen-bond acceptors (Lipinski definition) is 4. The summed E-state index contributed by atoms with van der Waals surface area (Å²) in [7, 11) is -3.49. The van der Waals surface area contributed by atoms with Crippen molar-refractivity contribution in [2.24, 2.45) is 0 Å². The molecule has 2 N–H and O–H groups in total. The maximum Gasteiger partial charge on any atom is 0.319 e. The Bertz CT molecular complexity index is 916. The third-order valence-electron chi connectivity index (χ3n) is 5.49. The number of carbonyl (C=O) groups excluding carboxylic acids is 1. The SMILES string of the molecule is O=C(NCc1cccnc1)Nc1ccc(S(=O)(=O)N2C3CCCC2CC3)cc1. The van der Waals surface area contributed by atoms with Crippen molar-refractivity contribution >= 4 is 21.7 Å². The first kappa shape index (κ1) is 18.9. The predicted molar refractivity (Wildman–Crippen MR) is 106 cm³/mol. The van der Waals surface area contributed by atoms with Gasteiger partial charge >= 0.3 is 6.03 Å².